The summed E-state index contributed by atoms with van der Waals surface area (Å²) < 4.78 is 23.7. The van der Waals surface area contributed by atoms with Gasteiger partial charge >= 0.3 is 11.9 Å². The van der Waals surface area contributed by atoms with Crippen LogP contribution in [0.15, 0.2) is 0 Å². The third-order valence-corrected chi connectivity index (χ3v) is 13.0. The summed E-state index contributed by atoms with van der Waals surface area (Å²) in [7, 11) is 4.33. The van der Waals surface area contributed by atoms with Gasteiger partial charge in [0.05, 0.1) is 40.5 Å². The summed E-state index contributed by atoms with van der Waals surface area (Å²) in [6, 6.07) is 0. The first-order valence-corrected chi connectivity index (χ1v) is 28.1. The zero-order valence-electron chi connectivity index (χ0n) is 43.6. The largest absolute Gasteiger partial charge is 0.460 e. The van der Waals surface area contributed by atoms with Crippen LogP contribution in [0, 0.1) is 0 Å². The number of unbranched alkanes of at least 4 members (excludes halogenated alkanes) is 36. The number of carbonyl (C=O) groups is 2. The van der Waals surface area contributed by atoms with Crippen LogP contribution >= 0.6 is 0 Å². The molecule has 0 aliphatic carbocycles. The van der Waals surface area contributed by atoms with Crippen LogP contribution in [-0.4, -0.2) is 82.2 Å². The second kappa shape index (κ2) is 48.7. The Labute approximate surface area is 394 Å². The number of ether oxygens (including phenoxy) is 4. The number of nitrogens with zero attached hydrogens (tertiary/aromatic N) is 1. The summed E-state index contributed by atoms with van der Waals surface area (Å²) >= 11 is 0. The molecule has 0 aliphatic rings. The highest BCUT2D eigenvalue weighted by molar-refractivity contribution is 5.69. The number of rotatable bonds is 52. The second-order valence-corrected chi connectivity index (χ2v) is 20.4. The second-order valence-electron chi connectivity index (χ2n) is 20.4. The van der Waals surface area contributed by atoms with Crippen molar-refractivity contribution in [1.82, 2.24) is 0 Å². The first-order valence-electron chi connectivity index (χ1n) is 28.1. The number of likely N-dealkylation sites (N-methyl/N-ethyl adjacent to an activating group) is 1. The van der Waals surface area contributed by atoms with E-state index < -0.39 is 0 Å². The average Bonchev–Trinajstić information content (AvgIpc) is 3.25. The minimum absolute atomic E-state index is 0.105. The highest BCUT2D eigenvalue weighted by atomic mass is 16.6. The van der Waals surface area contributed by atoms with E-state index in [2.05, 4.69) is 27.9 Å². The van der Waals surface area contributed by atoms with Gasteiger partial charge in [0.2, 0.25) is 0 Å². The Balaban J connectivity index is 3.56. The highest BCUT2D eigenvalue weighted by Crippen LogP contribution is 2.17. The van der Waals surface area contributed by atoms with Crippen molar-refractivity contribution in [3.63, 3.8) is 0 Å². The van der Waals surface area contributed by atoms with Crippen LogP contribution in [-0.2, 0) is 28.5 Å². The van der Waals surface area contributed by atoms with Crippen molar-refractivity contribution < 1.29 is 33.0 Å². The molecular weight excluding hydrogens is 783 g/mol. The smallest absolute Gasteiger partial charge is 0.306 e. The Hall–Kier alpha value is -1.18. The normalized spacial score (nSPS) is 12.8. The van der Waals surface area contributed by atoms with Gasteiger partial charge in [0, 0.05) is 12.8 Å². The summed E-state index contributed by atoms with van der Waals surface area (Å²) in [6.07, 6.45) is 51.9. The van der Waals surface area contributed by atoms with Crippen molar-refractivity contribution in [1.29, 1.82) is 0 Å². The van der Waals surface area contributed by atoms with Crippen LogP contribution in [0.3, 0.4) is 0 Å². The van der Waals surface area contributed by atoms with E-state index in [4.69, 9.17) is 18.9 Å². The summed E-state index contributed by atoms with van der Waals surface area (Å²) in [5.41, 5.74) is 0. The van der Waals surface area contributed by atoms with Gasteiger partial charge in [-0.25, -0.2) is 0 Å². The summed E-state index contributed by atoms with van der Waals surface area (Å²) in [4.78, 5) is 24.7. The SMILES string of the molecule is CCCCCCCCCCCCCCCCCCCCCC(=O)OC(C)COCC[N+](C)(C)CCOCC(C)OC(=O)CCCCCCCCCCCCCCCCCCCCC. The topological polar surface area (TPSA) is 71.1 Å². The molecule has 2 atom stereocenters. The number of carbonyl (C=O) groups excluding carboxylic acids is 2. The molecule has 0 heterocycles. The number of hydrogen-bond acceptors (Lipinski definition) is 6. The molecule has 0 aromatic carbocycles. The molecule has 0 bridgehead atoms. The fraction of sp³-hybridized carbons (Fsp3) is 0.964. The molecule has 7 nitrogen and oxygen atoms in total. The standard InChI is InChI=1S/C56H112NO6/c1-7-9-11-13-15-17-19-21-23-25-27-29-31-33-35-37-39-41-43-45-55(58)62-53(3)51-60-49-47-57(5,6)48-50-61-52-54(4)63-56(59)46-44-42-40-38-36-34-32-30-28-26-24-22-20-18-16-14-12-10-8-2/h53-54H,7-52H2,1-6H3/q+1. The van der Waals surface area contributed by atoms with Gasteiger partial charge in [0.25, 0.3) is 0 Å². The lowest BCUT2D eigenvalue weighted by atomic mass is 10.0. The molecule has 0 N–H and O–H groups in total. The molecule has 0 spiro atoms. The fourth-order valence-corrected chi connectivity index (χ4v) is 8.56. The van der Waals surface area contributed by atoms with E-state index in [1.807, 2.05) is 13.8 Å². The van der Waals surface area contributed by atoms with E-state index in [0.29, 0.717) is 39.3 Å². The lowest BCUT2D eigenvalue weighted by Gasteiger charge is -2.30. The first-order chi connectivity index (χ1) is 30.7. The zero-order chi connectivity index (χ0) is 46.2. The van der Waals surface area contributed by atoms with Crippen LogP contribution in [0.1, 0.15) is 285 Å². The van der Waals surface area contributed by atoms with Crippen molar-refractivity contribution >= 4 is 11.9 Å². The number of hydrogen-bond donors (Lipinski definition) is 0. The monoisotopic (exact) mass is 895 g/mol. The molecule has 0 radical (unpaired) electrons. The molecule has 0 aromatic heterocycles. The lowest BCUT2D eigenvalue weighted by Crippen LogP contribution is -2.45. The maximum atomic E-state index is 12.3. The van der Waals surface area contributed by atoms with Crippen LogP contribution in [0.25, 0.3) is 0 Å². The molecule has 0 aromatic rings. The first kappa shape index (κ1) is 61.8. The molecule has 0 amide bonds. The third-order valence-electron chi connectivity index (χ3n) is 13.0. The molecule has 0 saturated heterocycles. The summed E-state index contributed by atoms with van der Waals surface area (Å²) in [5, 5.41) is 0. The van der Waals surface area contributed by atoms with Gasteiger partial charge < -0.3 is 23.4 Å². The van der Waals surface area contributed by atoms with Crippen molar-refractivity contribution in [3.8, 4) is 0 Å². The Morgan fingerprint density at radius 1 is 0.349 bits per heavy atom. The van der Waals surface area contributed by atoms with Crippen LogP contribution in [0.5, 0.6) is 0 Å². The molecular formula is C56H112NO6+. The van der Waals surface area contributed by atoms with Gasteiger partial charge in [0.15, 0.2) is 0 Å². The van der Waals surface area contributed by atoms with E-state index in [1.54, 1.807) is 0 Å². The number of quaternary nitrogens is 1. The van der Waals surface area contributed by atoms with E-state index in [1.165, 1.54) is 218 Å². The average molecular weight is 896 g/mol. The predicted octanol–water partition coefficient (Wildman–Crippen LogP) is 16.6. The minimum atomic E-state index is -0.232. The van der Waals surface area contributed by atoms with Gasteiger partial charge in [-0.3, -0.25) is 9.59 Å². The minimum Gasteiger partial charge on any atom is -0.460 e. The van der Waals surface area contributed by atoms with Crippen molar-refractivity contribution in [2.24, 2.45) is 0 Å². The van der Waals surface area contributed by atoms with Crippen molar-refractivity contribution in [3.05, 3.63) is 0 Å². The van der Waals surface area contributed by atoms with E-state index in [9.17, 15) is 9.59 Å². The van der Waals surface area contributed by atoms with E-state index >= 15 is 0 Å². The third kappa shape index (κ3) is 50.1. The molecule has 0 fully saturated rings. The molecule has 63 heavy (non-hydrogen) atoms. The maximum Gasteiger partial charge on any atom is 0.306 e. The maximum absolute atomic E-state index is 12.3. The van der Waals surface area contributed by atoms with Crippen molar-refractivity contribution in [2.45, 2.75) is 297 Å². The molecule has 0 aliphatic heterocycles. The molecule has 0 rings (SSSR count). The number of esters is 2. The van der Waals surface area contributed by atoms with Crippen LogP contribution < -0.4 is 0 Å². The van der Waals surface area contributed by atoms with E-state index in [-0.39, 0.29) is 24.1 Å². The molecule has 0 saturated carbocycles. The Morgan fingerprint density at radius 3 is 0.778 bits per heavy atom. The van der Waals surface area contributed by atoms with Gasteiger partial charge in [-0.2, -0.15) is 0 Å². The highest BCUT2D eigenvalue weighted by Gasteiger charge is 2.17. The molecule has 7 heteroatoms. The Kier molecular flexibility index (Phi) is 47.8. The van der Waals surface area contributed by atoms with Gasteiger partial charge in [-0.05, 0) is 26.7 Å². The van der Waals surface area contributed by atoms with E-state index in [0.717, 1.165) is 43.3 Å². The summed E-state index contributed by atoms with van der Waals surface area (Å²) in [5.74, 6) is -0.209. The Bertz CT molecular complexity index is 871. The van der Waals surface area contributed by atoms with Crippen molar-refractivity contribution in [2.75, 3.05) is 53.6 Å². The lowest BCUT2D eigenvalue weighted by molar-refractivity contribution is -0.891. The molecule has 2 unspecified atom stereocenters. The molecule has 376 valence electrons. The predicted molar refractivity (Wildman–Crippen MR) is 271 cm³/mol. The fourth-order valence-electron chi connectivity index (χ4n) is 8.56. The quantitative estimate of drug-likeness (QED) is 0.0344. The summed E-state index contributed by atoms with van der Waals surface area (Å²) in [6.45, 7) is 12.1. The van der Waals surface area contributed by atoms with Crippen LogP contribution in [0.2, 0.25) is 0 Å². The van der Waals surface area contributed by atoms with Gasteiger partial charge in [-0.1, -0.05) is 245 Å². The van der Waals surface area contributed by atoms with Gasteiger partial charge in [0.1, 0.15) is 25.3 Å². The van der Waals surface area contributed by atoms with Crippen LogP contribution in [0.4, 0.5) is 0 Å². The van der Waals surface area contributed by atoms with Gasteiger partial charge in [-0.15, -0.1) is 0 Å². The zero-order valence-corrected chi connectivity index (χ0v) is 43.6. The Morgan fingerprint density at radius 2 is 0.556 bits per heavy atom.